The van der Waals surface area contributed by atoms with Crippen molar-refractivity contribution >= 4 is 21.6 Å². The first-order valence-corrected chi connectivity index (χ1v) is 6.99. The molecular formula is C15H16BrFN2O. The lowest BCUT2D eigenvalue weighted by Crippen LogP contribution is -2.21. The zero-order valence-corrected chi connectivity index (χ0v) is 12.7. The van der Waals surface area contributed by atoms with Crippen molar-refractivity contribution < 1.29 is 9.13 Å². The van der Waals surface area contributed by atoms with Gasteiger partial charge < -0.3 is 15.8 Å². The molecule has 0 aliphatic rings. The van der Waals surface area contributed by atoms with E-state index in [9.17, 15) is 4.39 Å². The zero-order valence-electron chi connectivity index (χ0n) is 11.1. The van der Waals surface area contributed by atoms with Crippen LogP contribution >= 0.6 is 15.9 Å². The van der Waals surface area contributed by atoms with Crippen LogP contribution in [0.1, 0.15) is 11.6 Å². The first kappa shape index (κ1) is 14.8. The molecule has 106 valence electrons. The third-order valence-corrected chi connectivity index (χ3v) is 3.70. The van der Waals surface area contributed by atoms with Gasteiger partial charge in [0, 0.05) is 11.0 Å². The minimum Gasteiger partial charge on any atom is -0.495 e. The summed E-state index contributed by atoms with van der Waals surface area (Å²) in [5.41, 5.74) is 7.58. The number of nitrogens with one attached hydrogen (secondary N) is 1. The second-order valence-electron chi connectivity index (χ2n) is 4.30. The summed E-state index contributed by atoms with van der Waals surface area (Å²) in [5.74, 6) is 0.456. The first-order valence-electron chi connectivity index (χ1n) is 6.20. The molecule has 5 heteroatoms. The standard InChI is InChI=1S/C15H16BrFN2O/c1-20-15-5-3-2-4-13(15)19-14(9-18)11-7-6-10(17)8-12(11)16/h2-8,14,19H,9,18H2,1H3. The van der Waals surface area contributed by atoms with E-state index in [1.165, 1.54) is 12.1 Å². The van der Waals surface area contributed by atoms with Crippen molar-refractivity contribution in [3.63, 3.8) is 0 Å². The highest BCUT2D eigenvalue weighted by Gasteiger charge is 2.15. The second-order valence-corrected chi connectivity index (χ2v) is 5.15. The fraction of sp³-hybridized carbons (Fsp3) is 0.200. The van der Waals surface area contributed by atoms with E-state index in [1.54, 1.807) is 13.2 Å². The van der Waals surface area contributed by atoms with Gasteiger partial charge in [-0.15, -0.1) is 0 Å². The van der Waals surface area contributed by atoms with Gasteiger partial charge in [-0.1, -0.05) is 34.1 Å². The van der Waals surface area contributed by atoms with Crippen molar-refractivity contribution in [3.05, 3.63) is 58.3 Å². The Morgan fingerprint density at radius 2 is 2.05 bits per heavy atom. The highest BCUT2D eigenvalue weighted by atomic mass is 79.9. The van der Waals surface area contributed by atoms with Gasteiger partial charge in [0.25, 0.3) is 0 Å². The van der Waals surface area contributed by atoms with Crippen molar-refractivity contribution in [1.82, 2.24) is 0 Å². The summed E-state index contributed by atoms with van der Waals surface area (Å²) >= 11 is 3.37. The molecule has 2 aromatic carbocycles. The summed E-state index contributed by atoms with van der Waals surface area (Å²) in [5, 5.41) is 3.32. The monoisotopic (exact) mass is 338 g/mol. The maximum Gasteiger partial charge on any atom is 0.141 e. The molecule has 3 nitrogen and oxygen atoms in total. The van der Waals surface area contributed by atoms with E-state index in [0.717, 1.165) is 17.0 Å². The summed E-state index contributed by atoms with van der Waals surface area (Å²) in [4.78, 5) is 0. The van der Waals surface area contributed by atoms with Gasteiger partial charge in [0.05, 0.1) is 18.8 Å². The van der Waals surface area contributed by atoms with E-state index in [-0.39, 0.29) is 11.9 Å². The van der Waals surface area contributed by atoms with Gasteiger partial charge in [-0.2, -0.15) is 0 Å². The van der Waals surface area contributed by atoms with E-state index in [1.807, 2.05) is 24.3 Å². The number of methoxy groups -OCH3 is 1. The van der Waals surface area contributed by atoms with Crippen LogP contribution in [0.5, 0.6) is 5.75 Å². The molecule has 0 saturated carbocycles. The van der Waals surface area contributed by atoms with E-state index in [0.29, 0.717) is 11.0 Å². The molecule has 0 spiro atoms. The number of halogens is 2. The zero-order chi connectivity index (χ0) is 14.5. The number of para-hydroxylation sites is 2. The Hall–Kier alpha value is -1.59. The lowest BCUT2D eigenvalue weighted by molar-refractivity contribution is 0.416. The SMILES string of the molecule is COc1ccccc1NC(CN)c1ccc(F)cc1Br. The molecule has 0 aliphatic carbocycles. The van der Waals surface area contributed by atoms with Crippen LogP contribution in [0.3, 0.4) is 0 Å². The number of hydrogen-bond acceptors (Lipinski definition) is 3. The Labute approximate surface area is 126 Å². The summed E-state index contributed by atoms with van der Waals surface area (Å²) in [6.45, 7) is 0.377. The Balaban J connectivity index is 2.29. The van der Waals surface area contributed by atoms with E-state index >= 15 is 0 Å². The molecule has 2 aromatic rings. The fourth-order valence-corrected chi connectivity index (χ4v) is 2.63. The van der Waals surface area contributed by atoms with E-state index in [4.69, 9.17) is 10.5 Å². The van der Waals surface area contributed by atoms with Crippen LogP contribution < -0.4 is 15.8 Å². The van der Waals surface area contributed by atoms with Crippen molar-refractivity contribution in [2.45, 2.75) is 6.04 Å². The summed E-state index contributed by atoms with van der Waals surface area (Å²) in [6, 6.07) is 12.0. The molecule has 0 bridgehead atoms. The Kier molecular flexibility index (Phi) is 4.98. The van der Waals surface area contributed by atoms with E-state index < -0.39 is 0 Å². The van der Waals surface area contributed by atoms with E-state index in [2.05, 4.69) is 21.2 Å². The lowest BCUT2D eigenvalue weighted by atomic mass is 10.1. The number of rotatable bonds is 5. The number of ether oxygens (including phenoxy) is 1. The Bertz CT molecular complexity index is 592. The molecule has 1 unspecified atom stereocenters. The number of nitrogens with two attached hydrogens (primary N) is 1. The second kappa shape index (κ2) is 6.72. The molecule has 0 heterocycles. The van der Waals surface area contributed by atoms with Crippen LogP contribution in [0.25, 0.3) is 0 Å². The molecule has 1 atom stereocenters. The molecule has 20 heavy (non-hydrogen) atoms. The minimum absolute atomic E-state index is 0.138. The molecule has 0 aliphatic heterocycles. The van der Waals surface area contributed by atoms with Crippen LogP contribution in [-0.2, 0) is 0 Å². The minimum atomic E-state index is -0.284. The molecule has 0 amide bonds. The molecular weight excluding hydrogens is 323 g/mol. The Morgan fingerprint density at radius 1 is 1.30 bits per heavy atom. The van der Waals surface area contributed by atoms with Gasteiger partial charge in [0.15, 0.2) is 0 Å². The summed E-state index contributed by atoms with van der Waals surface area (Å²) < 4.78 is 19.1. The van der Waals surface area contributed by atoms with Crippen LogP contribution in [0.2, 0.25) is 0 Å². The normalized spacial score (nSPS) is 12.0. The third kappa shape index (κ3) is 3.29. The molecule has 0 saturated heterocycles. The highest BCUT2D eigenvalue weighted by molar-refractivity contribution is 9.10. The van der Waals surface area contributed by atoms with Crippen LogP contribution in [-0.4, -0.2) is 13.7 Å². The van der Waals surface area contributed by atoms with Gasteiger partial charge in [0.1, 0.15) is 11.6 Å². The van der Waals surface area contributed by atoms with Gasteiger partial charge in [0.2, 0.25) is 0 Å². The molecule has 2 rings (SSSR count). The maximum absolute atomic E-state index is 13.2. The van der Waals surface area contributed by atoms with Gasteiger partial charge in [-0.05, 0) is 29.8 Å². The quantitative estimate of drug-likeness (QED) is 0.873. The smallest absolute Gasteiger partial charge is 0.141 e. The highest BCUT2D eigenvalue weighted by Crippen LogP contribution is 2.30. The molecule has 0 aromatic heterocycles. The number of hydrogen-bond donors (Lipinski definition) is 2. The predicted molar refractivity (Wildman–Crippen MR) is 82.5 cm³/mol. The van der Waals surface area contributed by atoms with Crippen molar-refractivity contribution in [2.24, 2.45) is 5.73 Å². The maximum atomic E-state index is 13.2. The summed E-state index contributed by atoms with van der Waals surface area (Å²) in [7, 11) is 1.62. The van der Waals surface area contributed by atoms with Crippen LogP contribution in [0.15, 0.2) is 46.9 Å². The number of benzene rings is 2. The van der Waals surface area contributed by atoms with Crippen LogP contribution in [0, 0.1) is 5.82 Å². The van der Waals surface area contributed by atoms with Gasteiger partial charge in [-0.25, -0.2) is 4.39 Å². The third-order valence-electron chi connectivity index (χ3n) is 3.01. The Morgan fingerprint density at radius 3 is 2.70 bits per heavy atom. The van der Waals surface area contributed by atoms with Crippen molar-refractivity contribution in [2.75, 3.05) is 19.0 Å². The number of anilines is 1. The average Bonchev–Trinajstić information content (AvgIpc) is 2.46. The lowest BCUT2D eigenvalue weighted by Gasteiger charge is -2.21. The average molecular weight is 339 g/mol. The molecule has 0 fully saturated rings. The first-order chi connectivity index (χ1) is 9.65. The van der Waals surface area contributed by atoms with Gasteiger partial charge >= 0.3 is 0 Å². The fourth-order valence-electron chi connectivity index (χ4n) is 2.00. The summed E-state index contributed by atoms with van der Waals surface area (Å²) in [6.07, 6.45) is 0. The van der Waals surface area contributed by atoms with Gasteiger partial charge in [-0.3, -0.25) is 0 Å². The van der Waals surface area contributed by atoms with Crippen molar-refractivity contribution in [1.29, 1.82) is 0 Å². The van der Waals surface area contributed by atoms with Crippen LogP contribution in [0.4, 0.5) is 10.1 Å². The molecule has 0 radical (unpaired) electrons. The van der Waals surface area contributed by atoms with Crippen molar-refractivity contribution in [3.8, 4) is 5.75 Å². The molecule has 3 N–H and O–H groups in total. The predicted octanol–water partition coefficient (Wildman–Crippen LogP) is 3.71. The topological polar surface area (TPSA) is 47.3 Å². The largest absolute Gasteiger partial charge is 0.495 e.